The van der Waals surface area contributed by atoms with Crippen molar-refractivity contribution in [2.45, 2.75) is 57.4 Å². The van der Waals surface area contributed by atoms with E-state index >= 15 is 0 Å². The normalized spacial score (nSPS) is 23.9. The van der Waals surface area contributed by atoms with Crippen molar-refractivity contribution >= 4 is 10.0 Å². The second-order valence-corrected chi connectivity index (χ2v) is 7.93. The molecule has 0 saturated carbocycles. The first-order valence-corrected chi connectivity index (χ1v) is 9.48. The van der Waals surface area contributed by atoms with E-state index in [1.54, 1.807) is 16.0 Å². The standard InChI is InChI=1S/C15H27N3O3S/c1-5-13-15(14(6-2)17(4)16-13)22(20,21)18-9-12(10-19)8-7-11(18)3/h11-12,19H,5-10H2,1-4H3. The third-order valence-electron chi connectivity index (χ3n) is 4.60. The average Bonchev–Trinajstić information content (AvgIpc) is 2.84. The van der Waals surface area contributed by atoms with Crippen molar-refractivity contribution < 1.29 is 13.5 Å². The van der Waals surface area contributed by atoms with Crippen LogP contribution in [0.4, 0.5) is 0 Å². The van der Waals surface area contributed by atoms with Crippen molar-refractivity contribution in [1.82, 2.24) is 14.1 Å². The molecule has 6 nitrogen and oxygen atoms in total. The summed E-state index contributed by atoms with van der Waals surface area (Å²) in [6.07, 6.45) is 2.88. The van der Waals surface area contributed by atoms with Gasteiger partial charge < -0.3 is 5.11 Å². The Hall–Kier alpha value is -0.920. The summed E-state index contributed by atoms with van der Waals surface area (Å²) in [4.78, 5) is 0.380. The van der Waals surface area contributed by atoms with Crippen LogP contribution < -0.4 is 0 Å². The Bertz CT molecular complexity index is 624. The van der Waals surface area contributed by atoms with Crippen LogP contribution in [0.15, 0.2) is 4.90 Å². The lowest BCUT2D eigenvalue weighted by atomic mass is 9.96. The molecule has 2 heterocycles. The topological polar surface area (TPSA) is 75.4 Å². The van der Waals surface area contributed by atoms with Gasteiger partial charge in [0.1, 0.15) is 4.90 Å². The smallest absolute Gasteiger partial charge is 0.247 e. The molecule has 1 aliphatic rings. The van der Waals surface area contributed by atoms with Gasteiger partial charge in [-0.15, -0.1) is 0 Å². The number of piperidine rings is 1. The van der Waals surface area contributed by atoms with Gasteiger partial charge in [0, 0.05) is 26.2 Å². The van der Waals surface area contributed by atoms with E-state index in [2.05, 4.69) is 5.10 Å². The summed E-state index contributed by atoms with van der Waals surface area (Å²) in [5.41, 5.74) is 1.40. The van der Waals surface area contributed by atoms with Gasteiger partial charge in [0.05, 0.1) is 11.4 Å². The number of nitrogens with zero attached hydrogens (tertiary/aromatic N) is 3. The third kappa shape index (κ3) is 2.94. The Balaban J connectivity index is 2.50. The van der Waals surface area contributed by atoms with E-state index in [4.69, 9.17) is 0 Å². The lowest BCUT2D eigenvalue weighted by molar-refractivity contribution is 0.139. The van der Waals surface area contributed by atoms with Crippen LogP contribution in [0.3, 0.4) is 0 Å². The number of aliphatic hydroxyl groups excluding tert-OH is 1. The summed E-state index contributed by atoms with van der Waals surface area (Å²) >= 11 is 0. The summed E-state index contributed by atoms with van der Waals surface area (Å²) in [6.45, 7) is 6.25. The van der Waals surface area contributed by atoms with Crippen LogP contribution in [0.1, 0.15) is 45.0 Å². The molecule has 0 amide bonds. The Kier molecular flexibility index (Phi) is 5.29. The minimum atomic E-state index is -3.58. The minimum absolute atomic E-state index is 0.0257. The molecule has 0 aliphatic carbocycles. The van der Waals surface area contributed by atoms with Crippen LogP contribution in [0.2, 0.25) is 0 Å². The molecule has 1 aromatic rings. The van der Waals surface area contributed by atoms with Gasteiger partial charge in [-0.3, -0.25) is 4.68 Å². The Morgan fingerprint density at radius 2 is 1.95 bits per heavy atom. The summed E-state index contributed by atoms with van der Waals surface area (Å²) in [6, 6.07) is -0.0394. The zero-order chi connectivity index (χ0) is 16.5. The molecule has 22 heavy (non-hydrogen) atoms. The van der Waals surface area contributed by atoms with Crippen molar-refractivity contribution in [2.24, 2.45) is 13.0 Å². The molecule has 2 unspecified atom stereocenters. The molecule has 0 aromatic carbocycles. The van der Waals surface area contributed by atoms with E-state index in [1.165, 1.54) is 0 Å². The molecular formula is C15H27N3O3S. The lowest BCUT2D eigenvalue weighted by Gasteiger charge is -2.36. The maximum atomic E-state index is 13.2. The van der Waals surface area contributed by atoms with Gasteiger partial charge in [-0.25, -0.2) is 8.42 Å². The highest BCUT2D eigenvalue weighted by Gasteiger charge is 2.38. The highest BCUT2D eigenvalue weighted by Crippen LogP contribution is 2.31. The Morgan fingerprint density at radius 1 is 1.27 bits per heavy atom. The number of sulfonamides is 1. The maximum Gasteiger partial charge on any atom is 0.247 e. The van der Waals surface area contributed by atoms with E-state index in [-0.39, 0.29) is 18.6 Å². The van der Waals surface area contributed by atoms with Crippen molar-refractivity contribution in [1.29, 1.82) is 0 Å². The SMILES string of the molecule is CCc1nn(C)c(CC)c1S(=O)(=O)N1CC(CO)CCC1C. The molecule has 0 spiro atoms. The van der Waals surface area contributed by atoms with Crippen LogP contribution in [0.5, 0.6) is 0 Å². The maximum absolute atomic E-state index is 13.2. The van der Waals surface area contributed by atoms with E-state index in [9.17, 15) is 13.5 Å². The predicted molar refractivity (Wildman–Crippen MR) is 85.1 cm³/mol. The zero-order valence-electron chi connectivity index (χ0n) is 13.9. The highest BCUT2D eigenvalue weighted by atomic mass is 32.2. The summed E-state index contributed by atoms with van der Waals surface area (Å²) in [7, 11) is -1.78. The highest BCUT2D eigenvalue weighted by molar-refractivity contribution is 7.89. The Labute approximate surface area is 133 Å². The van der Waals surface area contributed by atoms with Crippen LogP contribution in [0.25, 0.3) is 0 Å². The number of rotatable bonds is 5. The van der Waals surface area contributed by atoms with Crippen molar-refractivity contribution in [3.05, 3.63) is 11.4 Å². The van der Waals surface area contributed by atoms with E-state index < -0.39 is 10.0 Å². The first-order valence-electron chi connectivity index (χ1n) is 8.04. The molecule has 0 bridgehead atoms. The first kappa shape index (κ1) is 17.4. The average molecular weight is 329 g/mol. The van der Waals surface area contributed by atoms with Crippen LogP contribution in [-0.4, -0.2) is 46.8 Å². The zero-order valence-corrected chi connectivity index (χ0v) is 14.7. The van der Waals surface area contributed by atoms with Crippen molar-refractivity contribution in [3.63, 3.8) is 0 Å². The minimum Gasteiger partial charge on any atom is -0.396 e. The number of aromatic nitrogens is 2. The molecule has 2 rings (SSSR count). The molecule has 1 aromatic heterocycles. The van der Waals surface area contributed by atoms with Crippen LogP contribution >= 0.6 is 0 Å². The quantitative estimate of drug-likeness (QED) is 0.884. The fraction of sp³-hybridized carbons (Fsp3) is 0.800. The van der Waals surface area contributed by atoms with Crippen LogP contribution in [-0.2, 0) is 29.9 Å². The summed E-state index contributed by atoms with van der Waals surface area (Å²) in [5, 5.41) is 13.8. The first-order chi connectivity index (χ1) is 10.4. The van der Waals surface area contributed by atoms with Gasteiger partial charge in [-0.05, 0) is 38.5 Å². The number of aliphatic hydroxyl groups is 1. The van der Waals surface area contributed by atoms with Crippen molar-refractivity contribution in [2.75, 3.05) is 13.2 Å². The van der Waals surface area contributed by atoms with Gasteiger partial charge in [-0.2, -0.15) is 9.40 Å². The second-order valence-electron chi connectivity index (χ2n) is 6.10. The molecule has 0 radical (unpaired) electrons. The molecule has 1 fully saturated rings. The van der Waals surface area contributed by atoms with Gasteiger partial charge in [-0.1, -0.05) is 13.8 Å². The van der Waals surface area contributed by atoms with E-state index in [1.807, 2.05) is 20.8 Å². The fourth-order valence-corrected chi connectivity index (χ4v) is 5.54. The molecular weight excluding hydrogens is 302 g/mol. The van der Waals surface area contributed by atoms with Gasteiger partial charge in [0.15, 0.2) is 0 Å². The van der Waals surface area contributed by atoms with E-state index in [0.717, 1.165) is 18.5 Å². The van der Waals surface area contributed by atoms with Gasteiger partial charge in [0.25, 0.3) is 0 Å². The largest absolute Gasteiger partial charge is 0.396 e. The molecule has 2 atom stereocenters. The van der Waals surface area contributed by atoms with E-state index in [0.29, 0.717) is 30.0 Å². The summed E-state index contributed by atoms with van der Waals surface area (Å²) in [5.74, 6) is 0.0257. The van der Waals surface area contributed by atoms with Crippen molar-refractivity contribution in [3.8, 4) is 0 Å². The molecule has 1 N–H and O–H groups in total. The molecule has 7 heteroatoms. The number of aryl methyl sites for hydroxylation is 2. The molecule has 1 aliphatic heterocycles. The summed E-state index contributed by atoms with van der Waals surface area (Å²) < 4.78 is 29.7. The second kappa shape index (κ2) is 6.68. The lowest BCUT2D eigenvalue weighted by Crippen LogP contribution is -2.46. The predicted octanol–water partition coefficient (Wildman–Crippen LogP) is 1.33. The fourth-order valence-electron chi connectivity index (χ4n) is 3.27. The third-order valence-corrected chi connectivity index (χ3v) is 6.72. The van der Waals surface area contributed by atoms with Crippen LogP contribution in [0, 0.1) is 5.92 Å². The number of hydrogen-bond acceptors (Lipinski definition) is 4. The van der Waals surface area contributed by atoms with Gasteiger partial charge in [0.2, 0.25) is 10.0 Å². The van der Waals surface area contributed by atoms with Gasteiger partial charge >= 0.3 is 0 Å². The monoisotopic (exact) mass is 329 g/mol. The molecule has 126 valence electrons. The molecule has 1 saturated heterocycles. The Morgan fingerprint density at radius 3 is 2.50 bits per heavy atom. The number of hydrogen-bond donors (Lipinski definition) is 1.